The fourth-order valence-corrected chi connectivity index (χ4v) is 2.41. The first-order chi connectivity index (χ1) is 11.1. The summed E-state index contributed by atoms with van der Waals surface area (Å²) in [5.74, 6) is -1.55. The van der Waals surface area contributed by atoms with E-state index < -0.39 is 11.9 Å². The summed E-state index contributed by atoms with van der Waals surface area (Å²) in [5.41, 5.74) is 1.85. The molecule has 2 rings (SSSR count). The Morgan fingerprint density at radius 2 is 1.52 bits per heavy atom. The molecular formula is C18H20N2O3. The van der Waals surface area contributed by atoms with Crippen molar-refractivity contribution >= 4 is 23.3 Å². The first-order valence-corrected chi connectivity index (χ1v) is 7.55. The number of anilines is 2. The lowest BCUT2D eigenvalue weighted by atomic mass is 10.1. The van der Waals surface area contributed by atoms with Crippen molar-refractivity contribution in [2.24, 2.45) is 0 Å². The Morgan fingerprint density at radius 3 is 2.04 bits per heavy atom. The van der Waals surface area contributed by atoms with Crippen LogP contribution in [0.15, 0.2) is 48.5 Å². The monoisotopic (exact) mass is 312 g/mol. The number of hydrogen-bond donors (Lipinski definition) is 2. The Kier molecular flexibility index (Phi) is 5.36. The van der Waals surface area contributed by atoms with Crippen molar-refractivity contribution in [1.29, 1.82) is 0 Å². The molecule has 120 valence electrons. The van der Waals surface area contributed by atoms with Gasteiger partial charge in [0.1, 0.15) is 0 Å². The summed E-state index contributed by atoms with van der Waals surface area (Å²) < 4.78 is 0. The third-order valence-corrected chi connectivity index (χ3v) is 3.66. The third-order valence-electron chi connectivity index (χ3n) is 3.66. The summed E-state index contributed by atoms with van der Waals surface area (Å²) in [4.78, 5) is 25.7. The zero-order valence-electron chi connectivity index (χ0n) is 13.2. The Balaban J connectivity index is 2.16. The smallest absolute Gasteiger partial charge is 0.336 e. The summed E-state index contributed by atoms with van der Waals surface area (Å²) in [5, 5.41) is 11.9. The number of nitrogens with one attached hydrogen (secondary N) is 1. The van der Waals surface area contributed by atoms with Gasteiger partial charge in [-0.3, -0.25) is 4.79 Å². The second-order valence-electron chi connectivity index (χ2n) is 5.02. The Bertz CT molecular complexity index is 692. The molecule has 0 spiro atoms. The Hall–Kier alpha value is -2.82. The number of carbonyl (C=O) groups is 2. The fraction of sp³-hybridized carbons (Fsp3) is 0.222. The van der Waals surface area contributed by atoms with Gasteiger partial charge in [-0.15, -0.1) is 0 Å². The van der Waals surface area contributed by atoms with E-state index >= 15 is 0 Å². The van der Waals surface area contributed by atoms with Crippen LogP contribution in [0, 0.1) is 0 Å². The molecule has 0 fully saturated rings. The first kappa shape index (κ1) is 16.5. The zero-order valence-corrected chi connectivity index (χ0v) is 13.2. The summed E-state index contributed by atoms with van der Waals surface area (Å²) in [6.07, 6.45) is 0. The van der Waals surface area contributed by atoms with Crippen molar-refractivity contribution in [3.63, 3.8) is 0 Å². The molecule has 0 aliphatic carbocycles. The van der Waals surface area contributed by atoms with Crippen LogP contribution in [-0.4, -0.2) is 30.1 Å². The molecule has 0 bridgehead atoms. The molecule has 1 amide bonds. The summed E-state index contributed by atoms with van der Waals surface area (Å²) in [6.45, 7) is 5.99. The van der Waals surface area contributed by atoms with Crippen molar-refractivity contribution in [1.82, 2.24) is 0 Å². The maximum Gasteiger partial charge on any atom is 0.336 e. The van der Waals surface area contributed by atoms with E-state index in [9.17, 15) is 9.59 Å². The van der Waals surface area contributed by atoms with E-state index in [1.54, 1.807) is 12.1 Å². The second-order valence-corrected chi connectivity index (χ2v) is 5.02. The number of carboxylic acid groups (broad SMARTS) is 1. The van der Waals surface area contributed by atoms with Gasteiger partial charge in [-0.25, -0.2) is 4.79 Å². The lowest BCUT2D eigenvalue weighted by molar-refractivity contribution is 0.0692. The van der Waals surface area contributed by atoms with Crippen LogP contribution >= 0.6 is 0 Å². The number of benzene rings is 2. The highest BCUT2D eigenvalue weighted by molar-refractivity contribution is 6.10. The van der Waals surface area contributed by atoms with Gasteiger partial charge in [-0.05, 0) is 50.2 Å². The molecule has 0 aliphatic rings. The van der Waals surface area contributed by atoms with Crippen LogP contribution in [0.25, 0.3) is 0 Å². The van der Waals surface area contributed by atoms with Gasteiger partial charge in [0.25, 0.3) is 5.91 Å². The van der Waals surface area contributed by atoms with Crippen LogP contribution in [0.1, 0.15) is 34.6 Å². The van der Waals surface area contributed by atoms with Crippen LogP contribution in [0.5, 0.6) is 0 Å². The van der Waals surface area contributed by atoms with E-state index in [-0.39, 0.29) is 11.1 Å². The highest BCUT2D eigenvalue weighted by atomic mass is 16.4. The van der Waals surface area contributed by atoms with E-state index in [1.165, 1.54) is 12.1 Å². The van der Waals surface area contributed by atoms with Crippen molar-refractivity contribution < 1.29 is 14.7 Å². The Labute approximate surface area is 135 Å². The third kappa shape index (κ3) is 3.88. The highest BCUT2D eigenvalue weighted by Gasteiger charge is 2.15. The number of carboxylic acids is 1. The van der Waals surface area contributed by atoms with E-state index in [2.05, 4.69) is 24.1 Å². The average Bonchev–Trinajstić information content (AvgIpc) is 2.57. The van der Waals surface area contributed by atoms with Gasteiger partial charge in [-0.1, -0.05) is 12.1 Å². The van der Waals surface area contributed by atoms with Gasteiger partial charge in [0, 0.05) is 24.5 Å². The van der Waals surface area contributed by atoms with Gasteiger partial charge in [0.2, 0.25) is 0 Å². The molecule has 0 heterocycles. The SMILES string of the molecule is CCN(CC)c1ccc(NC(=O)c2ccccc2C(=O)O)cc1. The number of rotatable bonds is 6. The Morgan fingerprint density at radius 1 is 0.957 bits per heavy atom. The molecule has 2 N–H and O–H groups in total. The van der Waals surface area contributed by atoms with Gasteiger partial charge >= 0.3 is 5.97 Å². The van der Waals surface area contributed by atoms with Crippen molar-refractivity contribution in [3.05, 3.63) is 59.7 Å². The van der Waals surface area contributed by atoms with E-state index in [0.29, 0.717) is 5.69 Å². The molecule has 2 aromatic carbocycles. The zero-order chi connectivity index (χ0) is 16.8. The lowest BCUT2D eigenvalue weighted by Gasteiger charge is -2.21. The molecule has 0 saturated heterocycles. The van der Waals surface area contributed by atoms with Gasteiger partial charge in [0.05, 0.1) is 11.1 Å². The van der Waals surface area contributed by atoms with Crippen LogP contribution in [-0.2, 0) is 0 Å². The standard InChI is InChI=1S/C18H20N2O3/c1-3-20(4-2)14-11-9-13(10-12-14)19-17(21)15-7-5-6-8-16(15)18(22)23/h5-12H,3-4H2,1-2H3,(H,19,21)(H,22,23). The minimum Gasteiger partial charge on any atom is -0.478 e. The number of aromatic carboxylic acids is 1. The molecule has 0 aliphatic heterocycles. The summed E-state index contributed by atoms with van der Waals surface area (Å²) in [6, 6.07) is 13.7. The van der Waals surface area contributed by atoms with Crippen LogP contribution < -0.4 is 10.2 Å². The molecule has 0 radical (unpaired) electrons. The minimum absolute atomic E-state index is 0.00948. The van der Waals surface area contributed by atoms with Crippen LogP contribution in [0.2, 0.25) is 0 Å². The van der Waals surface area contributed by atoms with Crippen molar-refractivity contribution in [3.8, 4) is 0 Å². The van der Waals surface area contributed by atoms with E-state index in [0.717, 1.165) is 18.8 Å². The van der Waals surface area contributed by atoms with Gasteiger partial charge in [0.15, 0.2) is 0 Å². The second kappa shape index (κ2) is 7.45. The van der Waals surface area contributed by atoms with Gasteiger partial charge in [-0.2, -0.15) is 0 Å². The maximum atomic E-state index is 12.3. The lowest BCUT2D eigenvalue weighted by Crippen LogP contribution is -2.21. The molecule has 0 aromatic heterocycles. The topological polar surface area (TPSA) is 69.6 Å². The maximum absolute atomic E-state index is 12.3. The number of nitrogens with zero attached hydrogens (tertiary/aromatic N) is 1. The van der Waals surface area contributed by atoms with Crippen LogP contribution in [0.4, 0.5) is 11.4 Å². The first-order valence-electron chi connectivity index (χ1n) is 7.55. The van der Waals surface area contributed by atoms with E-state index in [1.807, 2.05) is 24.3 Å². The number of carbonyl (C=O) groups excluding carboxylic acids is 1. The highest BCUT2D eigenvalue weighted by Crippen LogP contribution is 2.19. The quantitative estimate of drug-likeness (QED) is 0.856. The molecule has 23 heavy (non-hydrogen) atoms. The van der Waals surface area contributed by atoms with Crippen molar-refractivity contribution in [2.45, 2.75) is 13.8 Å². The molecule has 5 nitrogen and oxygen atoms in total. The molecule has 0 unspecified atom stereocenters. The molecule has 0 atom stereocenters. The van der Waals surface area contributed by atoms with Crippen molar-refractivity contribution in [2.75, 3.05) is 23.3 Å². The molecule has 0 saturated carbocycles. The predicted octanol–water partition coefficient (Wildman–Crippen LogP) is 3.48. The normalized spacial score (nSPS) is 10.2. The molecular weight excluding hydrogens is 292 g/mol. The molecule has 5 heteroatoms. The number of amides is 1. The van der Waals surface area contributed by atoms with Gasteiger partial charge < -0.3 is 15.3 Å². The minimum atomic E-state index is -1.12. The average molecular weight is 312 g/mol. The fourth-order valence-electron chi connectivity index (χ4n) is 2.41. The van der Waals surface area contributed by atoms with E-state index in [4.69, 9.17) is 5.11 Å². The molecule has 2 aromatic rings. The predicted molar refractivity (Wildman–Crippen MR) is 91.4 cm³/mol. The summed E-state index contributed by atoms with van der Waals surface area (Å²) >= 11 is 0. The number of hydrogen-bond acceptors (Lipinski definition) is 3. The largest absolute Gasteiger partial charge is 0.478 e. The summed E-state index contributed by atoms with van der Waals surface area (Å²) in [7, 11) is 0. The van der Waals surface area contributed by atoms with Crippen LogP contribution in [0.3, 0.4) is 0 Å².